The Bertz CT molecular complexity index is 393. The van der Waals surface area contributed by atoms with Gasteiger partial charge >= 0.3 is 0 Å². The summed E-state index contributed by atoms with van der Waals surface area (Å²) in [6.45, 7) is 5.29. The Labute approximate surface area is 126 Å². The molecule has 1 atom stereocenters. The monoisotopic (exact) mass is 297 g/mol. The second-order valence-corrected chi connectivity index (χ2v) is 5.20. The van der Waals surface area contributed by atoms with Crippen LogP contribution in [0.2, 0.25) is 0 Å². The standard InChI is InChI=1S/C16H24ClNO2/c1-4-14(5-2)18(11-12-20-3)16(19)15(17)13-9-7-6-8-10-13/h6-10,14-15H,4-5,11-12H2,1-3H3. The van der Waals surface area contributed by atoms with E-state index in [2.05, 4.69) is 13.8 Å². The first kappa shape index (κ1) is 17.0. The van der Waals surface area contributed by atoms with E-state index in [0.29, 0.717) is 13.2 Å². The number of halogens is 1. The Morgan fingerprint density at radius 3 is 2.35 bits per heavy atom. The van der Waals surface area contributed by atoms with E-state index < -0.39 is 5.38 Å². The molecule has 0 aromatic heterocycles. The van der Waals surface area contributed by atoms with E-state index in [0.717, 1.165) is 18.4 Å². The molecule has 1 amide bonds. The smallest absolute Gasteiger partial charge is 0.245 e. The van der Waals surface area contributed by atoms with Crippen molar-refractivity contribution in [3.05, 3.63) is 35.9 Å². The van der Waals surface area contributed by atoms with Gasteiger partial charge in [-0.3, -0.25) is 4.79 Å². The van der Waals surface area contributed by atoms with Gasteiger partial charge in [0, 0.05) is 19.7 Å². The summed E-state index contributed by atoms with van der Waals surface area (Å²) in [5.74, 6) is -0.0383. The van der Waals surface area contributed by atoms with Crippen LogP contribution < -0.4 is 0 Å². The van der Waals surface area contributed by atoms with Crippen molar-refractivity contribution in [3.63, 3.8) is 0 Å². The third-order valence-corrected chi connectivity index (χ3v) is 3.95. The van der Waals surface area contributed by atoms with Gasteiger partial charge in [0.05, 0.1) is 6.61 Å². The van der Waals surface area contributed by atoms with Crippen LogP contribution in [0.4, 0.5) is 0 Å². The predicted molar refractivity (Wildman–Crippen MR) is 83.0 cm³/mol. The molecule has 0 aliphatic heterocycles. The molecule has 0 saturated heterocycles. The lowest BCUT2D eigenvalue weighted by Gasteiger charge is -2.32. The van der Waals surface area contributed by atoms with Crippen LogP contribution in [-0.4, -0.2) is 37.1 Å². The van der Waals surface area contributed by atoms with Crippen LogP contribution in [0.25, 0.3) is 0 Å². The van der Waals surface area contributed by atoms with Crippen molar-refractivity contribution in [2.45, 2.75) is 38.1 Å². The van der Waals surface area contributed by atoms with Gasteiger partial charge in [0.2, 0.25) is 5.91 Å². The average molecular weight is 298 g/mol. The van der Waals surface area contributed by atoms with Gasteiger partial charge in [-0.25, -0.2) is 0 Å². The Hall–Kier alpha value is -1.06. The second-order valence-electron chi connectivity index (χ2n) is 4.77. The number of benzene rings is 1. The minimum absolute atomic E-state index is 0.0383. The fraction of sp³-hybridized carbons (Fsp3) is 0.562. The number of ether oxygens (including phenoxy) is 1. The van der Waals surface area contributed by atoms with Gasteiger partial charge < -0.3 is 9.64 Å². The SMILES string of the molecule is CCC(CC)N(CCOC)C(=O)C(Cl)c1ccccc1. The number of hydrogen-bond acceptors (Lipinski definition) is 2. The molecule has 0 bridgehead atoms. The lowest BCUT2D eigenvalue weighted by atomic mass is 10.1. The Morgan fingerprint density at radius 2 is 1.85 bits per heavy atom. The predicted octanol–water partition coefficient (Wildman–Crippen LogP) is 3.63. The summed E-state index contributed by atoms with van der Waals surface area (Å²) in [7, 11) is 1.64. The molecule has 0 saturated carbocycles. The summed E-state index contributed by atoms with van der Waals surface area (Å²) in [5, 5.41) is -0.631. The van der Waals surface area contributed by atoms with Crippen molar-refractivity contribution in [1.82, 2.24) is 4.90 Å². The van der Waals surface area contributed by atoms with Gasteiger partial charge in [-0.05, 0) is 18.4 Å². The maximum absolute atomic E-state index is 12.6. The quantitative estimate of drug-likeness (QED) is 0.686. The number of rotatable bonds is 8. The summed E-state index contributed by atoms with van der Waals surface area (Å²) >= 11 is 6.36. The molecule has 0 spiro atoms. The first-order chi connectivity index (χ1) is 9.65. The van der Waals surface area contributed by atoms with Crippen LogP contribution in [0.15, 0.2) is 30.3 Å². The molecule has 0 aliphatic carbocycles. The molecule has 0 N–H and O–H groups in total. The molecule has 1 unspecified atom stereocenters. The molecular weight excluding hydrogens is 274 g/mol. The number of amides is 1. The molecule has 3 nitrogen and oxygen atoms in total. The largest absolute Gasteiger partial charge is 0.383 e. The van der Waals surface area contributed by atoms with Gasteiger partial charge in [-0.1, -0.05) is 44.2 Å². The van der Waals surface area contributed by atoms with E-state index in [1.165, 1.54) is 0 Å². The molecule has 0 fully saturated rings. The number of carbonyl (C=O) groups is 1. The minimum Gasteiger partial charge on any atom is -0.383 e. The molecule has 20 heavy (non-hydrogen) atoms. The van der Waals surface area contributed by atoms with Crippen molar-refractivity contribution in [1.29, 1.82) is 0 Å². The molecule has 1 aromatic carbocycles. The van der Waals surface area contributed by atoms with Crippen LogP contribution in [0.1, 0.15) is 37.6 Å². The third kappa shape index (κ3) is 4.50. The molecule has 0 heterocycles. The zero-order valence-corrected chi connectivity index (χ0v) is 13.3. The van der Waals surface area contributed by atoms with Crippen molar-refractivity contribution in [2.24, 2.45) is 0 Å². The molecule has 1 rings (SSSR count). The van der Waals surface area contributed by atoms with Gasteiger partial charge in [-0.15, -0.1) is 11.6 Å². The molecule has 0 radical (unpaired) electrons. The first-order valence-electron chi connectivity index (χ1n) is 7.14. The summed E-state index contributed by atoms with van der Waals surface area (Å²) in [5.41, 5.74) is 0.840. The maximum atomic E-state index is 12.6. The van der Waals surface area contributed by atoms with Crippen LogP contribution >= 0.6 is 11.6 Å². The van der Waals surface area contributed by atoms with Gasteiger partial charge in [0.25, 0.3) is 0 Å². The highest BCUT2D eigenvalue weighted by Gasteiger charge is 2.27. The molecule has 4 heteroatoms. The normalized spacial score (nSPS) is 12.4. The van der Waals surface area contributed by atoms with Crippen LogP contribution in [-0.2, 0) is 9.53 Å². The minimum atomic E-state index is -0.631. The Balaban J connectivity index is 2.86. The zero-order chi connectivity index (χ0) is 15.0. The van der Waals surface area contributed by atoms with Gasteiger partial charge in [-0.2, -0.15) is 0 Å². The van der Waals surface area contributed by atoms with E-state index in [4.69, 9.17) is 16.3 Å². The van der Waals surface area contributed by atoms with E-state index in [-0.39, 0.29) is 11.9 Å². The summed E-state index contributed by atoms with van der Waals surface area (Å²) in [6, 6.07) is 9.70. The molecule has 112 valence electrons. The Kier molecular flexibility index (Phi) is 7.63. The van der Waals surface area contributed by atoms with Gasteiger partial charge in [0.15, 0.2) is 0 Å². The fourth-order valence-electron chi connectivity index (χ4n) is 2.30. The van der Waals surface area contributed by atoms with Crippen LogP contribution in [0.3, 0.4) is 0 Å². The highest BCUT2D eigenvalue weighted by molar-refractivity contribution is 6.30. The van der Waals surface area contributed by atoms with E-state index in [9.17, 15) is 4.79 Å². The fourth-order valence-corrected chi connectivity index (χ4v) is 2.57. The lowest BCUT2D eigenvalue weighted by Crippen LogP contribution is -2.43. The summed E-state index contributed by atoms with van der Waals surface area (Å²) < 4.78 is 5.11. The number of methoxy groups -OCH3 is 1. The lowest BCUT2D eigenvalue weighted by molar-refractivity contribution is -0.134. The number of carbonyl (C=O) groups excluding carboxylic acids is 1. The number of alkyl halides is 1. The van der Waals surface area contributed by atoms with Crippen LogP contribution in [0.5, 0.6) is 0 Å². The number of hydrogen-bond donors (Lipinski definition) is 0. The van der Waals surface area contributed by atoms with Crippen molar-refractivity contribution >= 4 is 17.5 Å². The second kappa shape index (κ2) is 8.98. The van der Waals surface area contributed by atoms with Crippen molar-refractivity contribution < 1.29 is 9.53 Å². The number of nitrogens with zero attached hydrogens (tertiary/aromatic N) is 1. The highest BCUT2D eigenvalue weighted by Crippen LogP contribution is 2.24. The highest BCUT2D eigenvalue weighted by atomic mass is 35.5. The topological polar surface area (TPSA) is 29.5 Å². The maximum Gasteiger partial charge on any atom is 0.245 e. The van der Waals surface area contributed by atoms with Crippen molar-refractivity contribution in [3.8, 4) is 0 Å². The van der Waals surface area contributed by atoms with Crippen molar-refractivity contribution in [2.75, 3.05) is 20.3 Å². The molecule has 0 aliphatic rings. The van der Waals surface area contributed by atoms with E-state index in [1.807, 2.05) is 35.2 Å². The van der Waals surface area contributed by atoms with Gasteiger partial charge in [0.1, 0.15) is 5.38 Å². The van der Waals surface area contributed by atoms with E-state index >= 15 is 0 Å². The Morgan fingerprint density at radius 1 is 1.25 bits per heavy atom. The molecular formula is C16H24ClNO2. The third-order valence-electron chi connectivity index (χ3n) is 3.51. The zero-order valence-electron chi connectivity index (χ0n) is 12.5. The first-order valence-corrected chi connectivity index (χ1v) is 7.57. The summed E-state index contributed by atoms with van der Waals surface area (Å²) in [4.78, 5) is 14.5. The van der Waals surface area contributed by atoms with Crippen LogP contribution in [0, 0.1) is 0 Å². The average Bonchev–Trinajstić information content (AvgIpc) is 2.51. The summed E-state index contributed by atoms with van der Waals surface area (Å²) in [6.07, 6.45) is 1.84. The van der Waals surface area contributed by atoms with E-state index in [1.54, 1.807) is 7.11 Å². The molecule has 1 aromatic rings.